The zero-order chi connectivity index (χ0) is 19.6. The maximum Gasteiger partial charge on any atom is 0.397 e. The summed E-state index contributed by atoms with van der Waals surface area (Å²) >= 11 is 0. The van der Waals surface area contributed by atoms with Crippen molar-refractivity contribution in [2.45, 2.75) is 90.8 Å². The lowest BCUT2D eigenvalue weighted by molar-refractivity contribution is -0.130. The van der Waals surface area contributed by atoms with E-state index < -0.39 is 10.4 Å². The molecule has 0 aromatic heterocycles. The number of rotatable bonds is 3. The molecule has 156 valence electrons. The van der Waals surface area contributed by atoms with Gasteiger partial charge in [0.05, 0.1) is 12.2 Å². The predicted octanol–water partition coefficient (Wildman–Crippen LogP) is 4.21. The summed E-state index contributed by atoms with van der Waals surface area (Å²) in [6, 6.07) is 0. The van der Waals surface area contributed by atoms with E-state index in [1.807, 2.05) is 6.92 Å². The number of hydrogen-bond donors (Lipinski definition) is 2. The molecular formula is C21H36O5S. The standard InChI is InChI=1S/C21H36O5S/c1-13(22)17-6-7-18-16-5-4-14-12-15(26-27(23,24)25)8-10-20(14,2)19(16)9-11-21(17,18)3/h13-19,22H,4-12H2,1-3H3,(H,23,24,25)/t13?,14-,15?,16-,17+,18-,19-,20-,21+/m0/s1. The van der Waals surface area contributed by atoms with Gasteiger partial charge in [-0.15, -0.1) is 0 Å². The van der Waals surface area contributed by atoms with Crippen molar-refractivity contribution < 1.29 is 22.3 Å². The van der Waals surface area contributed by atoms with Gasteiger partial charge in [0.25, 0.3) is 0 Å². The van der Waals surface area contributed by atoms with Crippen LogP contribution in [0.25, 0.3) is 0 Å². The molecule has 4 fully saturated rings. The third kappa shape index (κ3) is 3.28. The van der Waals surface area contributed by atoms with Crippen molar-refractivity contribution in [3.63, 3.8) is 0 Å². The molecule has 0 bridgehead atoms. The van der Waals surface area contributed by atoms with Crippen molar-refractivity contribution in [1.29, 1.82) is 0 Å². The third-order valence-corrected chi connectivity index (χ3v) is 10.0. The van der Waals surface area contributed by atoms with E-state index in [9.17, 15) is 13.5 Å². The molecule has 0 heterocycles. The lowest BCUT2D eigenvalue weighted by Gasteiger charge is -2.61. The molecule has 6 heteroatoms. The Bertz CT molecular complexity index is 676. The Hall–Kier alpha value is -0.170. The Labute approximate surface area is 164 Å². The predicted molar refractivity (Wildman–Crippen MR) is 103 cm³/mol. The van der Waals surface area contributed by atoms with Gasteiger partial charge in [-0.25, -0.2) is 4.18 Å². The molecule has 4 rings (SSSR count). The molecule has 0 saturated heterocycles. The van der Waals surface area contributed by atoms with Gasteiger partial charge >= 0.3 is 10.4 Å². The molecule has 0 radical (unpaired) electrons. The topological polar surface area (TPSA) is 83.8 Å². The average Bonchev–Trinajstić information content (AvgIpc) is 2.91. The van der Waals surface area contributed by atoms with Gasteiger partial charge in [0.2, 0.25) is 0 Å². The van der Waals surface area contributed by atoms with E-state index in [0.717, 1.165) is 37.5 Å². The fourth-order valence-corrected chi connectivity index (χ4v) is 8.83. The first kappa shape index (κ1) is 20.1. The summed E-state index contributed by atoms with van der Waals surface area (Å²) in [5.74, 6) is 3.09. The lowest BCUT2D eigenvalue weighted by atomic mass is 9.44. The van der Waals surface area contributed by atoms with E-state index in [2.05, 4.69) is 13.8 Å². The minimum atomic E-state index is -4.36. The SMILES string of the molecule is CC(O)[C@H]1CC[C@H]2[C@@H]3CC[C@H]4CC(OS(=O)(=O)O)CC[C@]4(C)[C@H]3CC[C@]12C. The second-order valence-corrected chi connectivity index (χ2v) is 11.6. The first-order chi connectivity index (χ1) is 12.5. The van der Waals surface area contributed by atoms with E-state index in [1.165, 1.54) is 25.7 Å². The van der Waals surface area contributed by atoms with Crippen LogP contribution in [0.4, 0.5) is 0 Å². The highest BCUT2D eigenvalue weighted by Crippen LogP contribution is 2.67. The first-order valence-corrected chi connectivity index (χ1v) is 12.2. The highest BCUT2D eigenvalue weighted by atomic mass is 32.3. The van der Waals surface area contributed by atoms with Crippen molar-refractivity contribution in [3.8, 4) is 0 Å². The van der Waals surface area contributed by atoms with Crippen LogP contribution in [0.5, 0.6) is 0 Å². The van der Waals surface area contributed by atoms with Crippen molar-refractivity contribution >= 4 is 10.4 Å². The molecule has 0 aliphatic heterocycles. The summed E-state index contributed by atoms with van der Waals surface area (Å²) in [6.07, 6.45) is 9.08. The van der Waals surface area contributed by atoms with Gasteiger partial charge in [0, 0.05) is 0 Å². The van der Waals surface area contributed by atoms with Crippen LogP contribution in [-0.2, 0) is 14.6 Å². The van der Waals surface area contributed by atoms with Crippen LogP contribution < -0.4 is 0 Å². The van der Waals surface area contributed by atoms with Gasteiger partial charge in [0.1, 0.15) is 0 Å². The quantitative estimate of drug-likeness (QED) is 0.693. The Kier molecular flexibility index (Phi) is 4.98. The van der Waals surface area contributed by atoms with E-state index in [0.29, 0.717) is 24.2 Å². The average molecular weight is 401 g/mol. The van der Waals surface area contributed by atoms with E-state index in [-0.39, 0.29) is 23.0 Å². The monoisotopic (exact) mass is 400 g/mol. The number of fused-ring (bicyclic) bond motifs is 5. The molecule has 4 aliphatic rings. The second-order valence-electron chi connectivity index (χ2n) is 10.5. The smallest absolute Gasteiger partial charge is 0.393 e. The van der Waals surface area contributed by atoms with E-state index in [1.54, 1.807) is 0 Å². The zero-order valence-corrected chi connectivity index (χ0v) is 17.7. The molecule has 2 unspecified atom stereocenters. The zero-order valence-electron chi connectivity index (χ0n) is 16.9. The Balaban J connectivity index is 1.52. The van der Waals surface area contributed by atoms with Crippen molar-refractivity contribution in [2.75, 3.05) is 0 Å². The molecule has 4 saturated carbocycles. The maximum atomic E-state index is 11.1. The molecule has 0 amide bonds. The van der Waals surface area contributed by atoms with E-state index in [4.69, 9.17) is 8.74 Å². The minimum Gasteiger partial charge on any atom is -0.393 e. The molecule has 0 aromatic rings. The van der Waals surface area contributed by atoms with Gasteiger partial charge in [-0.2, -0.15) is 8.42 Å². The summed E-state index contributed by atoms with van der Waals surface area (Å²) in [4.78, 5) is 0. The van der Waals surface area contributed by atoms with Crippen LogP contribution in [0.2, 0.25) is 0 Å². The second kappa shape index (κ2) is 6.68. The van der Waals surface area contributed by atoms with Crippen LogP contribution in [-0.4, -0.2) is 30.3 Å². The van der Waals surface area contributed by atoms with Gasteiger partial charge in [0.15, 0.2) is 0 Å². The summed E-state index contributed by atoms with van der Waals surface area (Å²) in [7, 11) is -4.36. The number of aliphatic hydroxyl groups is 1. The fourth-order valence-electron chi connectivity index (χ4n) is 8.31. The summed E-state index contributed by atoms with van der Waals surface area (Å²) in [5, 5.41) is 10.3. The first-order valence-electron chi connectivity index (χ1n) is 10.9. The minimum absolute atomic E-state index is 0.212. The van der Waals surface area contributed by atoms with Crippen molar-refractivity contribution in [2.24, 2.45) is 40.4 Å². The molecule has 0 spiro atoms. The number of hydrogen-bond acceptors (Lipinski definition) is 4. The van der Waals surface area contributed by atoms with Crippen LogP contribution in [0, 0.1) is 40.4 Å². The highest BCUT2D eigenvalue weighted by molar-refractivity contribution is 7.80. The molecule has 27 heavy (non-hydrogen) atoms. The van der Waals surface area contributed by atoms with Gasteiger partial charge < -0.3 is 5.11 Å². The summed E-state index contributed by atoms with van der Waals surface area (Å²) < 4.78 is 36.2. The van der Waals surface area contributed by atoms with Gasteiger partial charge in [-0.05, 0) is 105 Å². The van der Waals surface area contributed by atoms with Crippen LogP contribution >= 0.6 is 0 Å². The lowest BCUT2D eigenvalue weighted by Crippen LogP contribution is -2.54. The summed E-state index contributed by atoms with van der Waals surface area (Å²) in [6.45, 7) is 6.84. The fraction of sp³-hybridized carbons (Fsp3) is 1.00. The Morgan fingerprint density at radius 2 is 1.63 bits per heavy atom. The summed E-state index contributed by atoms with van der Waals surface area (Å²) in [5.41, 5.74) is 0.538. The number of aliphatic hydroxyl groups excluding tert-OH is 1. The maximum absolute atomic E-state index is 11.1. The molecule has 4 aliphatic carbocycles. The third-order valence-electron chi connectivity index (χ3n) is 9.53. The van der Waals surface area contributed by atoms with E-state index >= 15 is 0 Å². The van der Waals surface area contributed by atoms with Crippen molar-refractivity contribution in [1.82, 2.24) is 0 Å². The van der Waals surface area contributed by atoms with Crippen LogP contribution in [0.15, 0.2) is 0 Å². The van der Waals surface area contributed by atoms with Crippen LogP contribution in [0.1, 0.15) is 78.6 Å². The van der Waals surface area contributed by atoms with Gasteiger partial charge in [-0.3, -0.25) is 4.55 Å². The molecule has 0 aromatic carbocycles. The Morgan fingerprint density at radius 3 is 2.30 bits per heavy atom. The largest absolute Gasteiger partial charge is 0.397 e. The molecular weight excluding hydrogens is 364 g/mol. The highest BCUT2D eigenvalue weighted by Gasteiger charge is 2.60. The van der Waals surface area contributed by atoms with Crippen LogP contribution in [0.3, 0.4) is 0 Å². The van der Waals surface area contributed by atoms with Crippen molar-refractivity contribution in [3.05, 3.63) is 0 Å². The van der Waals surface area contributed by atoms with Gasteiger partial charge in [-0.1, -0.05) is 13.8 Å². The normalized spacial score (nSPS) is 51.1. The molecule has 5 nitrogen and oxygen atoms in total. The molecule has 9 atom stereocenters. The molecule has 2 N–H and O–H groups in total. The Morgan fingerprint density at radius 1 is 0.963 bits per heavy atom.